The molecule has 0 saturated carbocycles. The molecule has 138 valence electrons. The molecule has 0 aliphatic carbocycles. The van der Waals surface area contributed by atoms with E-state index in [4.69, 9.17) is 0 Å². The van der Waals surface area contributed by atoms with Crippen LogP contribution in [0.3, 0.4) is 0 Å². The van der Waals surface area contributed by atoms with Gasteiger partial charge in [-0.1, -0.05) is 0 Å². The molecule has 6 heteroatoms. The quantitative estimate of drug-likeness (QED) is 0.220. The second-order valence-electron chi connectivity index (χ2n) is 7.71. The third-order valence-corrected chi connectivity index (χ3v) is 6.45. The number of hydrogen-bond donors (Lipinski definition) is 0. The van der Waals surface area contributed by atoms with Gasteiger partial charge in [-0.05, 0) is 36.4 Å². The minimum Gasteiger partial charge on any atom is -0.285 e. The third-order valence-electron chi connectivity index (χ3n) is 6.45. The molecule has 7 aromatic rings. The van der Waals surface area contributed by atoms with E-state index < -0.39 is 32.6 Å². The Morgan fingerprint density at radius 1 is 0.267 bits per heavy atom. The zero-order valence-corrected chi connectivity index (χ0v) is 14.9. The van der Waals surface area contributed by atoms with Crippen LogP contribution >= 0.6 is 0 Å². The summed E-state index contributed by atoms with van der Waals surface area (Å²) in [5.74, 6) is 0. The second kappa shape index (κ2) is 4.46. The van der Waals surface area contributed by atoms with Crippen molar-refractivity contribution >= 4 is 64.6 Å². The van der Waals surface area contributed by atoms with Gasteiger partial charge in [0.1, 0.15) is 0 Å². The van der Waals surface area contributed by atoms with Crippen LogP contribution < -0.4 is 32.6 Å². The van der Waals surface area contributed by atoms with Gasteiger partial charge in [0.15, 0.2) is 0 Å². The minimum absolute atomic E-state index is 0.133. The van der Waals surface area contributed by atoms with Gasteiger partial charge in [0.2, 0.25) is 32.6 Å². The highest BCUT2D eigenvalue weighted by Gasteiger charge is 2.27. The molecule has 0 aliphatic rings. The van der Waals surface area contributed by atoms with E-state index in [-0.39, 0.29) is 32.3 Å². The summed E-state index contributed by atoms with van der Waals surface area (Å²) in [6.07, 6.45) is 0. The Bertz CT molecular complexity index is 1780. The van der Waals surface area contributed by atoms with Crippen LogP contribution in [-0.4, -0.2) is 0 Å². The van der Waals surface area contributed by atoms with Crippen molar-refractivity contribution in [3.8, 4) is 0 Å². The molecule has 0 radical (unpaired) electrons. The van der Waals surface area contributed by atoms with Gasteiger partial charge in [0.25, 0.3) is 0 Å². The Balaban J connectivity index is 2.19. The standard InChI is InChI=1S/C24H6O6/c25-19-7-1-2-8-14-13(7)15-9(21(19)27)3-4-11-17(15)18-12(24(30)23(11)29)6-5-10(16(14)18)22(28)20(8)26/h1-6H. The topological polar surface area (TPSA) is 102 Å². The number of rotatable bonds is 0. The largest absolute Gasteiger partial charge is 0.285 e. The van der Waals surface area contributed by atoms with Crippen molar-refractivity contribution in [1.82, 2.24) is 0 Å². The lowest BCUT2D eigenvalue weighted by Crippen LogP contribution is -2.29. The predicted molar refractivity (Wildman–Crippen MR) is 116 cm³/mol. The van der Waals surface area contributed by atoms with Gasteiger partial charge in [0.05, 0.1) is 0 Å². The maximum atomic E-state index is 12.8. The second-order valence-corrected chi connectivity index (χ2v) is 7.71. The van der Waals surface area contributed by atoms with E-state index in [9.17, 15) is 28.8 Å². The monoisotopic (exact) mass is 390 g/mol. The molecule has 0 bridgehead atoms. The highest BCUT2D eigenvalue weighted by atomic mass is 16.2. The molecule has 0 saturated heterocycles. The summed E-state index contributed by atoms with van der Waals surface area (Å²) < 4.78 is 0. The molecule has 0 unspecified atom stereocenters. The fraction of sp³-hybridized carbons (Fsp3) is 0. The molecule has 7 aromatic carbocycles. The fourth-order valence-electron chi connectivity index (χ4n) is 5.24. The van der Waals surface area contributed by atoms with E-state index in [1.165, 1.54) is 36.4 Å². The Hall–Kier alpha value is -4.32. The van der Waals surface area contributed by atoms with Crippen molar-refractivity contribution < 1.29 is 0 Å². The van der Waals surface area contributed by atoms with Crippen LogP contribution in [0.15, 0.2) is 65.2 Å². The minimum atomic E-state index is -0.705. The first-order chi connectivity index (χ1) is 14.4. The highest BCUT2D eigenvalue weighted by Crippen LogP contribution is 2.44. The van der Waals surface area contributed by atoms with Gasteiger partial charge in [-0.25, -0.2) is 0 Å². The van der Waals surface area contributed by atoms with Crippen LogP contribution in [0.1, 0.15) is 0 Å². The van der Waals surface area contributed by atoms with Gasteiger partial charge in [0, 0.05) is 64.6 Å². The van der Waals surface area contributed by atoms with Crippen molar-refractivity contribution in [2.75, 3.05) is 0 Å². The summed E-state index contributed by atoms with van der Waals surface area (Å²) in [6.45, 7) is 0. The summed E-state index contributed by atoms with van der Waals surface area (Å²) in [5, 5.41) is 3.12. The van der Waals surface area contributed by atoms with E-state index in [1.54, 1.807) is 0 Å². The SMILES string of the molecule is O=c1c(=O)c2ccc3c(=O)c(=O)c4ccc5c(=O)c(=O)c6ccc1c1c2c3c4c5c61. The molecular weight excluding hydrogens is 384 g/mol. The van der Waals surface area contributed by atoms with Crippen molar-refractivity contribution in [1.29, 1.82) is 0 Å². The average Bonchev–Trinajstić information content (AvgIpc) is 2.76. The van der Waals surface area contributed by atoms with Crippen molar-refractivity contribution in [3.05, 3.63) is 97.7 Å². The lowest BCUT2D eigenvalue weighted by molar-refractivity contribution is 1.56. The zero-order chi connectivity index (χ0) is 20.6. The molecular formula is C24H6O6. The van der Waals surface area contributed by atoms with Gasteiger partial charge in [-0.15, -0.1) is 0 Å². The molecule has 0 aliphatic heterocycles. The molecule has 30 heavy (non-hydrogen) atoms. The molecule has 0 N–H and O–H groups in total. The van der Waals surface area contributed by atoms with Crippen molar-refractivity contribution in [2.24, 2.45) is 0 Å². The highest BCUT2D eigenvalue weighted by molar-refractivity contribution is 6.44. The van der Waals surface area contributed by atoms with Crippen molar-refractivity contribution in [2.45, 2.75) is 0 Å². The molecule has 0 atom stereocenters. The molecule has 0 aromatic heterocycles. The summed E-state index contributed by atoms with van der Waals surface area (Å²) in [7, 11) is 0. The van der Waals surface area contributed by atoms with Crippen molar-refractivity contribution in [3.63, 3.8) is 0 Å². The Morgan fingerprint density at radius 2 is 0.400 bits per heavy atom. The first-order valence-corrected chi connectivity index (χ1v) is 9.21. The Kier molecular flexibility index (Phi) is 2.32. The zero-order valence-electron chi connectivity index (χ0n) is 14.9. The molecule has 6 nitrogen and oxygen atoms in total. The van der Waals surface area contributed by atoms with Crippen LogP contribution in [-0.2, 0) is 0 Å². The summed E-state index contributed by atoms with van der Waals surface area (Å²) >= 11 is 0. The Morgan fingerprint density at radius 3 is 0.533 bits per heavy atom. The van der Waals surface area contributed by atoms with E-state index in [0.29, 0.717) is 32.3 Å². The van der Waals surface area contributed by atoms with E-state index in [1.807, 2.05) is 0 Å². The van der Waals surface area contributed by atoms with Gasteiger partial charge in [-0.2, -0.15) is 0 Å². The summed E-state index contributed by atoms with van der Waals surface area (Å²) in [5.41, 5.74) is -4.23. The Labute approximate surface area is 162 Å². The molecule has 7 rings (SSSR count). The number of hydrogen-bond acceptors (Lipinski definition) is 6. The van der Waals surface area contributed by atoms with Crippen LogP contribution in [0.5, 0.6) is 0 Å². The number of benzene rings is 7. The van der Waals surface area contributed by atoms with E-state index in [2.05, 4.69) is 0 Å². The average molecular weight is 390 g/mol. The summed E-state index contributed by atoms with van der Waals surface area (Å²) in [6, 6.07) is 8.32. The molecule has 0 spiro atoms. The smallest absolute Gasteiger partial charge is 0.234 e. The third kappa shape index (κ3) is 1.36. The van der Waals surface area contributed by atoms with E-state index in [0.717, 1.165) is 0 Å². The first kappa shape index (κ1) is 15.6. The lowest BCUT2D eigenvalue weighted by Gasteiger charge is -2.18. The van der Waals surface area contributed by atoms with Gasteiger partial charge in [-0.3, -0.25) is 28.8 Å². The van der Waals surface area contributed by atoms with Crippen LogP contribution in [0.4, 0.5) is 0 Å². The van der Waals surface area contributed by atoms with Gasteiger partial charge >= 0.3 is 0 Å². The molecule has 0 heterocycles. The maximum Gasteiger partial charge on any atom is 0.234 e. The summed E-state index contributed by atoms with van der Waals surface area (Å²) in [4.78, 5) is 76.8. The predicted octanol–water partition coefficient (Wildman–Crippen LogP) is 1.39. The molecule has 0 amide bonds. The van der Waals surface area contributed by atoms with Crippen LogP contribution in [0, 0.1) is 0 Å². The van der Waals surface area contributed by atoms with Crippen LogP contribution in [0.25, 0.3) is 64.6 Å². The first-order valence-electron chi connectivity index (χ1n) is 9.21. The van der Waals surface area contributed by atoms with Gasteiger partial charge < -0.3 is 0 Å². The van der Waals surface area contributed by atoms with E-state index >= 15 is 0 Å². The molecule has 0 fully saturated rings. The lowest BCUT2D eigenvalue weighted by atomic mass is 9.82. The fourth-order valence-corrected chi connectivity index (χ4v) is 5.24. The maximum absolute atomic E-state index is 12.8. The van der Waals surface area contributed by atoms with Crippen LogP contribution in [0.2, 0.25) is 0 Å². The normalized spacial score (nSPS) is 12.8.